The molecule has 1 aromatic carbocycles. The van der Waals surface area contributed by atoms with E-state index in [0.717, 1.165) is 25.3 Å². The number of hydrogen-bond donors (Lipinski definition) is 2. The number of halogens is 4. The minimum atomic E-state index is -4.92. The van der Waals surface area contributed by atoms with Gasteiger partial charge in [0.1, 0.15) is 5.75 Å². The lowest BCUT2D eigenvalue weighted by atomic mass is 9.52. The van der Waals surface area contributed by atoms with Crippen LogP contribution >= 0.6 is 11.6 Å². The summed E-state index contributed by atoms with van der Waals surface area (Å²) in [6.07, 6.45) is 5.37. The Bertz CT molecular complexity index is 1590. The lowest BCUT2D eigenvalue weighted by Gasteiger charge is -2.55. The molecule has 7 nitrogen and oxygen atoms in total. The van der Waals surface area contributed by atoms with Crippen molar-refractivity contribution in [3.63, 3.8) is 0 Å². The number of ether oxygens (including phenoxy) is 1. The molecule has 1 aromatic rings. The Hall–Kier alpha value is -2.50. The van der Waals surface area contributed by atoms with E-state index >= 15 is 0 Å². The second-order valence-corrected chi connectivity index (χ2v) is 16.4. The first-order valence-electron chi connectivity index (χ1n) is 16.2. The van der Waals surface area contributed by atoms with Crippen molar-refractivity contribution in [2.24, 2.45) is 22.7 Å². The number of benzene rings is 1. The van der Waals surface area contributed by atoms with Crippen molar-refractivity contribution >= 4 is 33.2 Å². The second-order valence-electron chi connectivity index (χ2n) is 14.0. The van der Waals surface area contributed by atoms with Crippen molar-refractivity contribution in [2.45, 2.75) is 88.7 Å². The van der Waals surface area contributed by atoms with E-state index in [0.29, 0.717) is 42.5 Å². The zero-order chi connectivity index (χ0) is 33.1. The SMILES string of the molecule is CC[C@@H]1CC/C=C/[C@](O)(C(F)(F)F)[C@@H]2CC[C@H]2CN2C[C@@]3(CCCC4=CC(Cl)=CCC43C)COc3ccc(cc32)C(=O)NS1(=O)=O. The van der Waals surface area contributed by atoms with Crippen molar-refractivity contribution < 1.29 is 36.2 Å². The van der Waals surface area contributed by atoms with Gasteiger partial charge in [-0.1, -0.05) is 43.2 Å². The van der Waals surface area contributed by atoms with Crippen LogP contribution in [0.25, 0.3) is 0 Å². The molecule has 6 atom stereocenters. The fourth-order valence-electron chi connectivity index (χ4n) is 8.48. The molecule has 1 unspecified atom stereocenters. The molecule has 1 amide bonds. The molecule has 2 aliphatic heterocycles. The van der Waals surface area contributed by atoms with Crippen LogP contribution in [0.3, 0.4) is 0 Å². The van der Waals surface area contributed by atoms with E-state index in [1.807, 2.05) is 17.1 Å². The quantitative estimate of drug-likeness (QED) is 0.309. The van der Waals surface area contributed by atoms with E-state index in [-0.39, 0.29) is 43.2 Å². The molecule has 0 aromatic heterocycles. The Kier molecular flexibility index (Phi) is 8.63. The molecule has 2 N–H and O–H groups in total. The Morgan fingerprint density at radius 1 is 1.22 bits per heavy atom. The first-order chi connectivity index (χ1) is 21.6. The summed E-state index contributed by atoms with van der Waals surface area (Å²) < 4.78 is 79.1. The molecule has 1 spiro atoms. The summed E-state index contributed by atoms with van der Waals surface area (Å²) in [4.78, 5) is 15.4. The van der Waals surface area contributed by atoms with E-state index in [2.05, 4.69) is 11.6 Å². The number of rotatable bonds is 1. The van der Waals surface area contributed by atoms with Gasteiger partial charge in [-0.25, -0.2) is 13.1 Å². The Morgan fingerprint density at radius 2 is 2.00 bits per heavy atom. The first-order valence-corrected chi connectivity index (χ1v) is 18.2. The average Bonchev–Trinajstić information content (AvgIpc) is 3.12. The highest BCUT2D eigenvalue weighted by atomic mass is 35.5. The zero-order valence-electron chi connectivity index (χ0n) is 26.2. The summed E-state index contributed by atoms with van der Waals surface area (Å²) in [5, 5.41) is 11.0. The largest absolute Gasteiger partial charge is 0.491 e. The van der Waals surface area contributed by atoms with Crippen molar-refractivity contribution in [1.29, 1.82) is 0 Å². The highest BCUT2D eigenvalue weighted by Gasteiger charge is 2.61. The number of sulfonamides is 1. The van der Waals surface area contributed by atoms with Crippen molar-refractivity contribution in [1.82, 2.24) is 4.72 Å². The molecule has 5 aliphatic rings. The third kappa shape index (κ3) is 5.57. The van der Waals surface area contributed by atoms with E-state index in [4.69, 9.17) is 16.3 Å². The van der Waals surface area contributed by atoms with Gasteiger partial charge < -0.3 is 14.7 Å². The van der Waals surface area contributed by atoms with Gasteiger partial charge in [0.2, 0.25) is 10.0 Å². The van der Waals surface area contributed by atoms with Gasteiger partial charge in [0.15, 0.2) is 5.60 Å². The van der Waals surface area contributed by atoms with E-state index < -0.39 is 50.2 Å². The fraction of sp³-hybridized carbons (Fsp3) is 0.618. The molecule has 2 heterocycles. The molecule has 0 radical (unpaired) electrons. The molecule has 3 aliphatic carbocycles. The number of aliphatic hydroxyl groups is 1. The maximum atomic E-state index is 14.6. The fourth-order valence-corrected chi connectivity index (χ4v) is 10.1. The smallest absolute Gasteiger partial charge is 0.421 e. The average molecular weight is 683 g/mol. The summed E-state index contributed by atoms with van der Waals surface area (Å²) in [5.41, 5.74) is -1.92. The van der Waals surface area contributed by atoms with Crippen LogP contribution in [0.5, 0.6) is 5.75 Å². The van der Waals surface area contributed by atoms with Gasteiger partial charge in [-0.15, -0.1) is 0 Å². The number of hydrogen-bond acceptors (Lipinski definition) is 6. The van der Waals surface area contributed by atoms with Crippen LogP contribution < -0.4 is 14.4 Å². The molecule has 2 fully saturated rings. The van der Waals surface area contributed by atoms with Crippen LogP contribution in [0, 0.1) is 22.7 Å². The van der Waals surface area contributed by atoms with E-state index in [1.165, 1.54) is 17.7 Å². The summed E-state index contributed by atoms with van der Waals surface area (Å²) in [6.45, 7) is 4.88. The number of fused-ring (bicyclic) bond motifs is 4. The predicted octanol–water partition coefficient (Wildman–Crippen LogP) is 7.02. The van der Waals surface area contributed by atoms with Gasteiger partial charge in [0.25, 0.3) is 5.91 Å². The number of alkyl halides is 3. The van der Waals surface area contributed by atoms with Gasteiger partial charge in [0.05, 0.1) is 17.5 Å². The van der Waals surface area contributed by atoms with Gasteiger partial charge in [-0.05, 0) is 94.1 Å². The minimum absolute atomic E-state index is 0.00110. The number of carbonyl (C=O) groups excluding carboxylic acids is 1. The van der Waals surface area contributed by atoms with Crippen LogP contribution in [-0.4, -0.2) is 56.2 Å². The molecule has 252 valence electrons. The topological polar surface area (TPSA) is 95.9 Å². The second kappa shape index (κ2) is 11.9. The van der Waals surface area contributed by atoms with Crippen LogP contribution in [0.4, 0.5) is 18.9 Å². The Morgan fingerprint density at radius 3 is 2.70 bits per heavy atom. The monoisotopic (exact) mass is 682 g/mol. The maximum Gasteiger partial charge on any atom is 0.421 e. The molecule has 12 heteroatoms. The van der Waals surface area contributed by atoms with Crippen LogP contribution in [0.1, 0.15) is 82.0 Å². The molecule has 2 bridgehead atoms. The maximum absolute atomic E-state index is 14.6. The first kappa shape index (κ1) is 33.4. The summed E-state index contributed by atoms with van der Waals surface area (Å²) in [5.74, 6) is -1.85. The Balaban J connectivity index is 1.46. The highest BCUT2D eigenvalue weighted by molar-refractivity contribution is 7.90. The lowest BCUT2D eigenvalue weighted by Crippen LogP contribution is -2.59. The van der Waals surface area contributed by atoms with Crippen LogP contribution in [0.2, 0.25) is 0 Å². The number of nitrogens with one attached hydrogen (secondary N) is 1. The van der Waals surface area contributed by atoms with Crippen molar-refractivity contribution in [3.8, 4) is 5.75 Å². The predicted molar refractivity (Wildman–Crippen MR) is 171 cm³/mol. The van der Waals surface area contributed by atoms with Gasteiger partial charge in [0, 0.05) is 40.4 Å². The molecule has 2 saturated carbocycles. The third-order valence-corrected chi connectivity index (χ3v) is 13.8. The third-order valence-electron chi connectivity index (χ3n) is 11.6. The standard InChI is InChI=1S/C34H42ClF3N2O5S/c1-3-26-8-4-5-15-33(42,34(36,37)38)27-11-9-23(27)19-40-20-32(14-6-7-24-18-25(35)13-16-31(24,32)2)21-45-29-12-10-22(17-28(29)40)30(41)39-46(26,43)44/h5,10,12-13,15,17-18,23,26-27,42H,3-4,6-9,11,14,16,19-21H2,1-2H3,(H,39,41)/b15-5+/t23-,26+,27+,31?,32-,33+/m0/s1. The number of amides is 1. The molecule has 6 rings (SSSR count). The zero-order valence-corrected chi connectivity index (χ0v) is 27.8. The molecular weight excluding hydrogens is 641 g/mol. The Labute approximate surface area is 273 Å². The molecular formula is C34H42ClF3N2O5S. The van der Waals surface area contributed by atoms with Crippen LogP contribution in [0.15, 0.2) is 53.1 Å². The lowest BCUT2D eigenvalue weighted by molar-refractivity contribution is -0.273. The number of nitrogens with zero attached hydrogens (tertiary/aromatic N) is 1. The summed E-state index contributed by atoms with van der Waals surface area (Å²) >= 11 is 6.44. The van der Waals surface area contributed by atoms with Crippen LogP contribution in [-0.2, 0) is 10.0 Å². The van der Waals surface area contributed by atoms with Crippen molar-refractivity contribution in [2.75, 3.05) is 24.6 Å². The number of allylic oxidation sites excluding steroid dienone is 5. The number of anilines is 1. The van der Waals surface area contributed by atoms with Gasteiger partial charge >= 0.3 is 6.18 Å². The summed E-state index contributed by atoms with van der Waals surface area (Å²) in [6, 6.07) is 4.77. The highest BCUT2D eigenvalue weighted by Crippen LogP contribution is 2.60. The molecule has 0 saturated heterocycles. The summed E-state index contributed by atoms with van der Waals surface area (Å²) in [7, 11) is -4.14. The van der Waals surface area contributed by atoms with Gasteiger partial charge in [-0.3, -0.25) is 4.79 Å². The minimum Gasteiger partial charge on any atom is -0.491 e. The van der Waals surface area contributed by atoms with Gasteiger partial charge in [-0.2, -0.15) is 13.2 Å². The molecule has 46 heavy (non-hydrogen) atoms. The normalized spacial score (nSPS) is 36.9. The number of carbonyl (C=O) groups is 1. The van der Waals surface area contributed by atoms with Crippen molar-refractivity contribution in [3.05, 3.63) is 58.7 Å². The van der Waals surface area contributed by atoms with E-state index in [9.17, 15) is 31.5 Å². The van der Waals surface area contributed by atoms with E-state index in [1.54, 1.807) is 19.1 Å².